The van der Waals surface area contributed by atoms with E-state index in [0.29, 0.717) is 11.6 Å². The molecule has 6 nitrogen and oxygen atoms in total. The van der Waals surface area contributed by atoms with Crippen LogP contribution in [0.3, 0.4) is 0 Å². The van der Waals surface area contributed by atoms with Gasteiger partial charge in [0, 0.05) is 18.2 Å². The number of phenolic OH excluding ortho intramolecular Hbond substituents is 1. The van der Waals surface area contributed by atoms with Gasteiger partial charge in [-0.3, -0.25) is 0 Å². The first kappa shape index (κ1) is 17.4. The number of hydrogen-bond donors (Lipinski definition) is 3. The van der Waals surface area contributed by atoms with Gasteiger partial charge in [-0.1, -0.05) is 23.2 Å². The number of unbranched alkanes of at least 4 members (excludes halogenated alkanes) is 2. The lowest BCUT2D eigenvalue weighted by atomic mass is 10.2. The molecule has 0 aliphatic carbocycles. The number of nitriles is 1. The number of aliphatic hydroxyl groups is 1. The monoisotopic (exact) mass is 355 g/mol. The lowest BCUT2D eigenvalue weighted by Crippen LogP contribution is -2.02. The summed E-state index contributed by atoms with van der Waals surface area (Å²) in [6.07, 6.45) is 2.40. The van der Waals surface area contributed by atoms with Crippen molar-refractivity contribution in [2.75, 3.05) is 18.5 Å². The smallest absolute Gasteiger partial charge is 0.233 e. The molecule has 0 radical (unpaired) electrons. The average Bonchev–Trinajstić information content (AvgIpc) is 2.93. The number of phenols is 1. The normalized spacial score (nSPS) is 10.5. The first-order chi connectivity index (χ1) is 11.1. The Morgan fingerprint density at radius 1 is 1.26 bits per heavy atom. The van der Waals surface area contributed by atoms with E-state index in [1.807, 2.05) is 6.07 Å². The second-order valence-corrected chi connectivity index (χ2v) is 5.65. The minimum Gasteiger partial charge on any atom is -0.506 e. The Labute approximate surface area is 143 Å². The summed E-state index contributed by atoms with van der Waals surface area (Å²) in [6.45, 7) is 0.732. The van der Waals surface area contributed by atoms with Crippen molar-refractivity contribution in [1.82, 2.24) is 4.98 Å². The Bertz CT molecular complexity index is 725. The molecule has 0 spiro atoms. The number of aromatic hydroxyl groups is 1. The third-order valence-corrected chi connectivity index (χ3v) is 3.62. The molecule has 0 saturated heterocycles. The highest BCUT2D eigenvalue weighted by Gasteiger charge is 2.19. The van der Waals surface area contributed by atoms with Crippen molar-refractivity contribution in [3.05, 3.63) is 27.9 Å². The predicted octanol–water partition coefficient (Wildman–Crippen LogP) is 3.80. The van der Waals surface area contributed by atoms with Crippen LogP contribution in [0.2, 0.25) is 10.0 Å². The molecule has 0 atom stereocenters. The van der Waals surface area contributed by atoms with Crippen LogP contribution in [-0.2, 0) is 0 Å². The van der Waals surface area contributed by atoms with Crippen LogP contribution in [0.25, 0.3) is 11.5 Å². The number of aromatic nitrogens is 1. The largest absolute Gasteiger partial charge is 0.506 e. The van der Waals surface area contributed by atoms with Crippen molar-refractivity contribution in [1.29, 1.82) is 5.26 Å². The predicted molar refractivity (Wildman–Crippen MR) is 87.8 cm³/mol. The number of oxazole rings is 1. The zero-order valence-electron chi connectivity index (χ0n) is 12.1. The van der Waals surface area contributed by atoms with Crippen LogP contribution in [0, 0.1) is 11.3 Å². The number of nitrogens with zero attached hydrogens (tertiary/aromatic N) is 2. The molecule has 23 heavy (non-hydrogen) atoms. The Kier molecular flexibility index (Phi) is 6.11. The van der Waals surface area contributed by atoms with Gasteiger partial charge in [0.1, 0.15) is 11.8 Å². The van der Waals surface area contributed by atoms with E-state index in [-0.39, 0.29) is 40.4 Å². The van der Waals surface area contributed by atoms with Gasteiger partial charge < -0.3 is 19.9 Å². The van der Waals surface area contributed by atoms with E-state index in [1.54, 1.807) is 0 Å². The molecule has 2 rings (SSSR count). The lowest BCUT2D eigenvalue weighted by molar-refractivity contribution is 0.283. The fourth-order valence-electron chi connectivity index (χ4n) is 1.98. The van der Waals surface area contributed by atoms with Crippen molar-refractivity contribution in [3.8, 4) is 23.3 Å². The quantitative estimate of drug-likeness (QED) is 0.652. The number of aliphatic hydroxyl groups excluding tert-OH is 1. The first-order valence-corrected chi connectivity index (χ1v) is 7.76. The van der Waals surface area contributed by atoms with Crippen LogP contribution in [0.5, 0.6) is 5.75 Å². The van der Waals surface area contributed by atoms with Crippen molar-refractivity contribution in [2.45, 2.75) is 19.3 Å². The molecule has 0 aliphatic heterocycles. The molecule has 0 unspecified atom stereocenters. The topological polar surface area (TPSA) is 102 Å². The highest BCUT2D eigenvalue weighted by Crippen LogP contribution is 2.38. The third-order valence-electron chi connectivity index (χ3n) is 3.11. The van der Waals surface area contributed by atoms with E-state index in [1.165, 1.54) is 12.1 Å². The minimum atomic E-state index is -0.212. The van der Waals surface area contributed by atoms with Crippen molar-refractivity contribution < 1.29 is 14.6 Å². The number of anilines is 1. The molecular formula is C15H15Cl2N3O3. The average molecular weight is 356 g/mol. The number of rotatable bonds is 7. The maximum Gasteiger partial charge on any atom is 0.233 e. The Morgan fingerprint density at radius 2 is 2.04 bits per heavy atom. The summed E-state index contributed by atoms with van der Waals surface area (Å²) < 4.78 is 5.52. The van der Waals surface area contributed by atoms with E-state index >= 15 is 0 Å². The van der Waals surface area contributed by atoms with Gasteiger partial charge in [-0.25, -0.2) is 0 Å². The maximum absolute atomic E-state index is 10.0. The molecule has 3 N–H and O–H groups in total. The van der Waals surface area contributed by atoms with E-state index in [9.17, 15) is 5.11 Å². The summed E-state index contributed by atoms with van der Waals surface area (Å²) in [5.41, 5.74) is 0.296. The van der Waals surface area contributed by atoms with Gasteiger partial charge in [-0.05, 0) is 31.4 Å². The van der Waals surface area contributed by atoms with E-state index in [4.69, 9.17) is 38.0 Å². The van der Waals surface area contributed by atoms with Gasteiger partial charge in [-0.2, -0.15) is 10.2 Å². The summed E-state index contributed by atoms with van der Waals surface area (Å²) >= 11 is 11.8. The summed E-state index contributed by atoms with van der Waals surface area (Å²) in [4.78, 5) is 4.05. The second kappa shape index (κ2) is 8.06. The highest BCUT2D eigenvalue weighted by atomic mass is 35.5. The number of benzene rings is 1. The second-order valence-electron chi connectivity index (χ2n) is 4.80. The Hall–Kier alpha value is -1.94. The van der Waals surface area contributed by atoms with Gasteiger partial charge in [-0.15, -0.1) is 0 Å². The summed E-state index contributed by atoms with van der Waals surface area (Å²) in [5, 5.41) is 31.2. The van der Waals surface area contributed by atoms with E-state index in [2.05, 4.69) is 10.3 Å². The van der Waals surface area contributed by atoms with Crippen LogP contribution in [0.15, 0.2) is 16.5 Å². The van der Waals surface area contributed by atoms with Crippen molar-refractivity contribution in [3.63, 3.8) is 0 Å². The molecule has 2 aromatic rings. The van der Waals surface area contributed by atoms with Crippen molar-refractivity contribution >= 4 is 29.1 Å². The molecule has 122 valence electrons. The fourth-order valence-corrected chi connectivity index (χ4v) is 2.47. The van der Waals surface area contributed by atoms with Gasteiger partial charge in [0.2, 0.25) is 17.5 Å². The highest BCUT2D eigenvalue weighted by molar-refractivity contribution is 6.36. The lowest BCUT2D eigenvalue weighted by Gasteiger charge is -2.04. The van der Waals surface area contributed by atoms with Crippen molar-refractivity contribution in [2.24, 2.45) is 0 Å². The minimum absolute atomic E-state index is 0.0568. The van der Waals surface area contributed by atoms with Crippen LogP contribution < -0.4 is 5.32 Å². The zero-order chi connectivity index (χ0) is 16.8. The molecule has 1 aromatic heterocycles. The van der Waals surface area contributed by atoms with Gasteiger partial charge >= 0.3 is 0 Å². The molecule has 8 heteroatoms. The zero-order valence-corrected chi connectivity index (χ0v) is 13.7. The number of hydrogen-bond acceptors (Lipinski definition) is 6. The first-order valence-electron chi connectivity index (χ1n) is 7.01. The Morgan fingerprint density at radius 3 is 2.74 bits per heavy atom. The fraction of sp³-hybridized carbons (Fsp3) is 0.333. The Balaban J connectivity index is 2.21. The van der Waals surface area contributed by atoms with Gasteiger partial charge in [0.25, 0.3) is 0 Å². The molecular weight excluding hydrogens is 341 g/mol. The number of nitrogens with one attached hydrogen (secondary N) is 1. The van der Waals surface area contributed by atoms with Gasteiger partial charge in [0.15, 0.2) is 0 Å². The summed E-state index contributed by atoms with van der Waals surface area (Å²) in [6, 6.07) is 4.79. The van der Waals surface area contributed by atoms with Crippen LogP contribution in [-0.4, -0.2) is 28.3 Å². The van der Waals surface area contributed by atoms with Crippen LogP contribution in [0.1, 0.15) is 25.0 Å². The van der Waals surface area contributed by atoms with E-state index < -0.39 is 0 Å². The van der Waals surface area contributed by atoms with Crippen LogP contribution in [0.4, 0.5) is 5.88 Å². The third kappa shape index (κ3) is 4.29. The molecule has 1 aromatic carbocycles. The number of halogens is 2. The maximum atomic E-state index is 10.0. The molecule has 0 fully saturated rings. The van der Waals surface area contributed by atoms with Crippen LogP contribution >= 0.6 is 23.2 Å². The molecule has 0 bridgehead atoms. The standard InChI is InChI=1S/C15H15Cl2N3O3/c16-9-6-10(13(22)11(17)7-9)14-20-12(8-18)15(23-14)19-4-2-1-3-5-21/h6-7,19,21-22H,1-5H2. The van der Waals surface area contributed by atoms with E-state index in [0.717, 1.165) is 19.3 Å². The molecule has 1 heterocycles. The molecule has 0 amide bonds. The SMILES string of the molecule is N#Cc1nc(-c2cc(Cl)cc(Cl)c2O)oc1NCCCCCO. The summed E-state index contributed by atoms with van der Waals surface area (Å²) in [5.74, 6) is 0.0691. The van der Waals surface area contributed by atoms with Gasteiger partial charge in [0.05, 0.1) is 10.6 Å². The molecule has 0 aliphatic rings. The molecule has 0 saturated carbocycles. The summed E-state index contributed by atoms with van der Waals surface area (Å²) in [7, 11) is 0.